The molecule has 0 spiro atoms. The van der Waals surface area contributed by atoms with Gasteiger partial charge in [-0.15, -0.1) is 0 Å². The zero-order valence-electron chi connectivity index (χ0n) is 15.1. The Labute approximate surface area is 153 Å². The highest BCUT2D eigenvalue weighted by Gasteiger charge is 2.25. The van der Waals surface area contributed by atoms with Crippen LogP contribution in [0.5, 0.6) is 0 Å². The number of anilines is 1. The highest BCUT2D eigenvalue weighted by molar-refractivity contribution is 5.74. The van der Waals surface area contributed by atoms with Gasteiger partial charge in [-0.05, 0) is 31.4 Å². The van der Waals surface area contributed by atoms with Crippen LogP contribution in [0.3, 0.4) is 0 Å². The second-order valence-electron chi connectivity index (χ2n) is 7.10. The van der Waals surface area contributed by atoms with Crippen molar-refractivity contribution < 1.29 is 13.6 Å². The van der Waals surface area contributed by atoms with E-state index in [-0.39, 0.29) is 18.6 Å². The summed E-state index contributed by atoms with van der Waals surface area (Å²) >= 11 is 0. The number of piperidine rings is 1. The maximum atomic E-state index is 12.6. The maximum Gasteiger partial charge on any atom is 0.317 e. The predicted molar refractivity (Wildman–Crippen MR) is 98.8 cm³/mol. The topological polar surface area (TPSA) is 38.8 Å². The van der Waals surface area contributed by atoms with E-state index >= 15 is 0 Å². The van der Waals surface area contributed by atoms with Crippen LogP contribution in [0.1, 0.15) is 19.3 Å². The van der Waals surface area contributed by atoms with Crippen molar-refractivity contribution in [2.75, 3.05) is 50.7 Å². The first-order chi connectivity index (χ1) is 12.6. The van der Waals surface area contributed by atoms with Gasteiger partial charge in [0.1, 0.15) is 0 Å². The third-order valence-electron chi connectivity index (χ3n) is 5.14. The molecule has 7 heteroatoms. The number of nitrogens with zero attached hydrogens (tertiary/aromatic N) is 3. The molecule has 0 aromatic heterocycles. The van der Waals surface area contributed by atoms with Gasteiger partial charge in [-0.3, -0.25) is 4.90 Å². The van der Waals surface area contributed by atoms with Crippen LogP contribution in [0.4, 0.5) is 19.3 Å². The molecule has 2 saturated heterocycles. The van der Waals surface area contributed by atoms with E-state index in [4.69, 9.17) is 0 Å². The Kier molecular flexibility index (Phi) is 6.66. The fourth-order valence-corrected chi connectivity index (χ4v) is 3.79. The van der Waals surface area contributed by atoms with Crippen molar-refractivity contribution in [2.24, 2.45) is 0 Å². The molecule has 1 N–H and O–H groups in total. The number of nitrogens with one attached hydrogen (secondary N) is 1. The van der Waals surface area contributed by atoms with E-state index in [2.05, 4.69) is 22.3 Å². The Hall–Kier alpha value is -1.89. The molecule has 2 heterocycles. The Morgan fingerprint density at radius 1 is 1.08 bits per heavy atom. The largest absolute Gasteiger partial charge is 0.369 e. The van der Waals surface area contributed by atoms with Gasteiger partial charge in [0.15, 0.2) is 0 Å². The van der Waals surface area contributed by atoms with Gasteiger partial charge in [-0.2, -0.15) is 0 Å². The lowest BCUT2D eigenvalue weighted by Crippen LogP contribution is -2.52. The van der Waals surface area contributed by atoms with Gasteiger partial charge < -0.3 is 15.1 Å². The molecule has 2 amide bonds. The summed E-state index contributed by atoms with van der Waals surface area (Å²) in [6, 6.07) is 10.3. The van der Waals surface area contributed by atoms with Gasteiger partial charge in [0.25, 0.3) is 6.43 Å². The van der Waals surface area contributed by atoms with Crippen LogP contribution >= 0.6 is 0 Å². The Bertz CT molecular complexity index is 572. The number of halogens is 2. The molecule has 0 saturated carbocycles. The van der Waals surface area contributed by atoms with Crippen molar-refractivity contribution in [1.82, 2.24) is 15.1 Å². The molecule has 26 heavy (non-hydrogen) atoms. The fraction of sp³-hybridized carbons (Fsp3) is 0.632. The monoisotopic (exact) mass is 366 g/mol. The first-order valence-corrected chi connectivity index (χ1v) is 9.48. The van der Waals surface area contributed by atoms with E-state index in [9.17, 15) is 13.6 Å². The van der Waals surface area contributed by atoms with Gasteiger partial charge >= 0.3 is 6.03 Å². The number of para-hydroxylation sites is 1. The Balaban J connectivity index is 1.49. The summed E-state index contributed by atoms with van der Waals surface area (Å²) in [7, 11) is 0. The zero-order chi connectivity index (χ0) is 18.4. The van der Waals surface area contributed by atoms with E-state index in [0.29, 0.717) is 26.2 Å². The highest BCUT2D eigenvalue weighted by atomic mass is 19.3. The van der Waals surface area contributed by atoms with Crippen molar-refractivity contribution in [3.05, 3.63) is 30.3 Å². The summed E-state index contributed by atoms with van der Waals surface area (Å²) in [6.07, 6.45) is 0.435. The number of rotatable bonds is 4. The molecule has 2 aliphatic rings. The molecule has 0 bridgehead atoms. The van der Waals surface area contributed by atoms with Crippen molar-refractivity contribution in [3.8, 4) is 0 Å². The zero-order valence-corrected chi connectivity index (χ0v) is 15.1. The number of carbonyl (C=O) groups excluding carboxylic acids is 1. The van der Waals surface area contributed by atoms with E-state index in [1.807, 2.05) is 18.2 Å². The lowest BCUT2D eigenvalue weighted by Gasteiger charge is -2.35. The number of benzene rings is 1. The van der Waals surface area contributed by atoms with Crippen LogP contribution in [-0.2, 0) is 0 Å². The molecule has 3 rings (SSSR count). The summed E-state index contributed by atoms with van der Waals surface area (Å²) in [5, 5.41) is 3.15. The molecule has 0 radical (unpaired) electrons. The van der Waals surface area contributed by atoms with Gasteiger partial charge in [0.05, 0.1) is 6.54 Å². The van der Waals surface area contributed by atoms with Crippen LogP contribution < -0.4 is 10.2 Å². The minimum absolute atomic E-state index is 0.0659. The molecule has 2 fully saturated rings. The SMILES string of the molecule is O=C(NC1CCCN(c2ccccc2)C1)N1CCCN(CC(F)F)CC1. The lowest BCUT2D eigenvalue weighted by atomic mass is 10.0. The molecule has 1 atom stereocenters. The van der Waals surface area contributed by atoms with E-state index < -0.39 is 6.43 Å². The third kappa shape index (κ3) is 5.30. The van der Waals surface area contributed by atoms with Crippen molar-refractivity contribution >= 4 is 11.7 Å². The van der Waals surface area contributed by atoms with E-state index in [0.717, 1.165) is 32.4 Å². The maximum absolute atomic E-state index is 12.6. The molecule has 144 valence electrons. The number of alkyl halides is 2. The second-order valence-corrected chi connectivity index (χ2v) is 7.10. The summed E-state index contributed by atoms with van der Waals surface area (Å²) in [5.41, 5.74) is 1.18. The number of amides is 2. The quantitative estimate of drug-likeness (QED) is 0.890. The van der Waals surface area contributed by atoms with Crippen LogP contribution in [0.25, 0.3) is 0 Å². The number of hydrogen-bond acceptors (Lipinski definition) is 3. The molecule has 1 aromatic carbocycles. The minimum Gasteiger partial charge on any atom is -0.369 e. The minimum atomic E-state index is -2.32. The summed E-state index contributed by atoms with van der Waals surface area (Å²) in [5.74, 6) is 0. The third-order valence-corrected chi connectivity index (χ3v) is 5.14. The van der Waals surface area contributed by atoms with Gasteiger partial charge in [0.2, 0.25) is 0 Å². The molecule has 0 aliphatic carbocycles. The fourth-order valence-electron chi connectivity index (χ4n) is 3.79. The normalized spacial score (nSPS) is 22.3. The van der Waals surface area contributed by atoms with Crippen molar-refractivity contribution in [3.63, 3.8) is 0 Å². The molecular weight excluding hydrogens is 338 g/mol. The Morgan fingerprint density at radius 3 is 2.65 bits per heavy atom. The van der Waals surface area contributed by atoms with Crippen molar-refractivity contribution in [2.45, 2.75) is 31.7 Å². The molecule has 1 unspecified atom stereocenters. The molecular formula is C19H28F2N4O. The molecule has 1 aromatic rings. The van der Waals surface area contributed by atoms with Crippen LogP contribution in [0.2, 0.25) is 0 Å². The summed E-state index contributed by atoms with van der Waals surface area (Å²) in [6.45, 7) is 3.88. The smallest absolute Gasteiger partial charge is 0.317 e. The second kappa shape index (κ2) is 9.16. The highest BCUT2D eigenvalue weighted by Crippen LogP contribution is 2.19. The van der Waals surface area contributed by atoms with E-state index in [1.165, 1.54) is 5.69 Å². The summed E-state index contributed by atoms with van der Waals surface area (Å²) in [4.78, 5) is 18.4. The van der Waals surface area contributed by atoms with Crippen LogP contribution in [0.15, 0.2) is 30.3 Å². The average molecular weight is 366 g/mol. The number of urea groups is 1. The predicted octanol–water partition coefficient (Wildman–Crippen LogP) is 2.64. The van der Waals surface area contributed by atoms with Gasteiger partial charge in [-0.1, -0.05) is 18.2 Å². The van der Waals surface area contributed by atoms with Crippen LogP contribution in [0, 0.1) is 0 Å². The average Bonchev–Trinajstić information content (AvgIpc) is 2.88. The van der Waals surface area contributed by atoms with Gasteiger partial charge in [0, 0.05) is 51.0 Å². The standard InChI is InChI=1S/C19H28F2N4O/c20-18(21)15-23-9-5-11-24(13-12-23)19(26)22-16-6-4-10-25(14-16)17-7-2-1-3-8-17/h1-3,7-8,16,18H,4-6,9-15H2,(H,22,26). The first-order valence-electron chi connectivity index (χ1n) is 9.48. The number of carbonyl (C=O) groups is 1. The molecule has 5 nitrogen and oxygen atoms in total. The summed E-state index contributed by atoms with van der Waals surface area (Å²) < 4.78 is 25.1. The van der Waals surface area contributed by atoms with E-state index in [1.54, 1.807) is 9.80 Å². The molecule has 2 aliphatic heterocycles. The van der Waals surface area contributed by atoms with Gasteiger partial charge in [-0.25, -0.2) is 13.6 Å². The number of hydrogen-bond donors (Lipinski definition) is 1. The lowest BCUT2D eigenvalue weighted by molar-refractivity contribution is 0.0903. The van der Waals surface area contributed by atoms with Crippen molar-refractivity contribution in [1.29, 1.82) is 0 Å². The first kappa shape index (κ1) is 18.9. The Morgan fingerprint density at radius 2 is 1.88 bits per heavy atom. The van der Waals surface area contributed by atoms with Crippen LogP contribution in [-0.4, -0.2) is 74.1 Å².